The molecule has 1 aliphatic heterocycles. The lowest BCUT2D eigenvalue weighted by Crippen LogP contribution is -2.19. The monoisotopic (exact) mass is 298 g/mol. The molecule has 0 spiro atoms. The van der Waals surface area contributed by atoms with Gasteiger partial charge in [-0.2, -0.15) is 0 Å². The largest absolute Gasteiger partial charge is 0.496 e. The Balaban J connectivity index is 1.66. The Bertz CT molecular complexity index is 628. The maximum atomic E-state index is 5.35. The second-order valence-electron chi connectivity index (χ2n) is 4.85. The molecule has 0 saturated carbocycles. The normalized spacial score (nSPS) is 19.5. The number of ether oxygens (including phenoxy) is 1. The Labute approximate surface area is 129 Å². The van der Waals surface area contributed by atoms with E-state index in [0.29, 0.717) is 12.6 Å². The molecule has 0 bridgehead atoms. The van der Waals surface area contributed by atoms with Gasteiger partial charge in [0.2, 0.25) is 0 Å². The molecule has 108 valence electrons. The minimum Gasteiger partial charge on any atom is -0.496 e. The van der Waals surface area contributed by atoms with Crippen molar-refractivity contribution < 1.29 is 4.74 Å². The molecule has 1 N–H and O–H groups in total. The Hall–Kier alpha value is -1.94. The highest BCUT2D eigenvalue weighted by Crippen LogP contribution is 2.26. The van der Waals surface area contributed by atoms with Gasteiger partial charge in [0.15, 0.2) is 5.17 Å². The van der Waals surface area contributed by atoms with E-state index in [0.717, 1.165) is 22.2 Å². The molecule has 0 radical (unpaired) electrons. The number of nitrogens with one attached hydrogen (secondary N) is 1. The van der Waals surface area contributed by atoms with Gasteiger partial charge in [0.05, 0.1) is 19.7 Å². The lowest BCUT2D eigenvalue weighted by Gasteiger charge is -2.10. The molecule has 2 aromatic rings. The van der Waals surface area contributed by atoms with Crippen LogP contribution in [0, 0.1) is 0 Å². The fourth-order valence-electron chi connectivity index (χ4n) is 2.34. The van der Waals surface area contributed by atoms with Crippen LogP contribution in [0.2, 0.25) is 0 Å². The van der Waals surface area contributed by atoms with Crippen LogP contribution in [-0.2, 0) is 6.54 Å². The minimum absolute atomic E-state index is 0.354. The van der Waals surface area contributed by atoms with Gasteiger partial charge in [-0.1, -0.05) is 60.3 Å². The van der Waals surface area contributed by atoms with Gasteiger partial charge in [0.25, 0.3) is 0 Å². The first-order chi connectivity index (χ1) is 10.4. The van der Waals surface area contributed by atoms with Crippen molar-refractivity contribution in [2.75, 3.05) is 12.9 Å². The highest BCUT2D eigenvalue weighted by Gasteiger charge is 2.21. The van der Waals surface area contributed by atoms with E-state index in [-0.39, 0.29) is 0 Å². The van der Waals surface area contributed by atoms with Gasteiger partial charge in [-0.05, 0) is 11.6 Å². The molecule has 1 aliphatic rings. The van der Waals surface area contributed by atoms with Crippen molar-refractivity contribution in [3.63, 3.8) is 0 Å². The molecule has 1 atom stereocenters. The Morgan fingerprint density at radius 1 is 1.14 bits per heavy atom. The van der Waals surface area contributed by atoms with E-state index in [4.69, 9.17) is 4.74 Å². The van der Waals surface area contributed by atoms with Crippen molar-refractivity contribution in [1.82, 2.24) is 5.32 Å². The van der Waals surface area contributed by atoms with Crippen LogP contribution in [0.5, 0.6) is 5.75 Å². The van der Waals surface area contributed by atoms with Crippen LogP contribution in [0.1, 0.15) is 17.2 Å². The fraction of sp³-hybridized carbons (Fsp3) is 0.235. The maximum Gasteiger partial charge on any atom is 0.157 e. The molecule has 2 aromatic carbocycles. The molecule has 1 unspecified atom stereocenters. The number of nitrogens with zero attached hydrogens (tertiary/aromatic N) is 1. The van der Waals surface area contributed by atoms with E-state index < -0.39 is 0 Å². The quantitative estimate of drug-likeness (QED) is 0.936. The van der Waals surface area contributed by atoms with E-state index in [9.17, 15) is 0 Å². The van der Waals surface area contributed by atoms with Crippen LogP contribution in [-0.4, -0.2) is 18.0 Å². The summed E-state index contributed by atoms with van der Waals surface area (Å²) in [5.74, 6) is 1.92. The van der Waals surface area contributed by atoms with Crippen LogP contribution in [0.25, 0.3) is 0 Å². The zero-order valence-corrected chi connectivity index (χ0v) is 12.8. The highest BCUT2D eigenvalue weighted by molar-refractivity contribution is 8.14. The maximum absolute atomic E-state index is 5.35. The Morgan fingerprint density at radius 3 is 2.71 bits per heavy atom. The summed E-state index contributed by atoms with van der Waals surface area (Å²) in [5.41, 5.74) is 2.42. The molecule has 1 fully saturated rings. The minimum atomic E-state index is 0.354. The van der Waals surface area contributed by atoms with E-state index in [2.05, 4.69) is 40.6 Å². The van der Waals surface area contributed by atoms with Gasteiger partial charge < -0.3 is 10.1 Å². The number of aliphatic imine (C=N–C) groups is 1. The van der Waals surface area contributed by atoms with Gasteiger partial charge in [0, 0.05) is 11.3 Å². The first kappa shape index (κ1) is 14.0. The first-order valence-corrected chi connectivity index (χ1v) is 7.96. The van der Waals surface area contributed by atoms with Crippen molar-refractivity contribution in [3.8, 4) is 5.75 Å². The molecule has 0 amide bonds. The van der Waals surface area contributed by atoms with Crippen molar-refractivity contribution in [2.24, 2.45) is 4.99 Å². The number of amidine groups is 1. The summed E-state index contributed by atoms with van der Waals surface area (Å²) in [6.45, 7) is 0.640. The highest BCUT2D eigenvalue weighted by atomic mass is 32.2. The van der Waals surface area contributed by atoms with E-state index in [1.54, 1.807) is 18.9 Å². The van der Waals surface area contributed by atoms with Gasteiger partial charge in [-0.15, -0.1) is 0 Å². The second-order valence-corrected chi connectivity index (χ2v) is 5.86. The predicted octanol–water partition coefficient (Wildman–Crippen LogP) is 3.63. The third-order valence-corrected chi connectivity index (χ3v) is 4.49. The fourth-order valence-corrected chi connectivity index (χ4v) is 3.32. The van der Waals surface area contributed by atoms with Crippen LogP contribution in [0.15, 0.2) is 59.6 Å². The van der Waals surface area contributed by atoms with Crippen LogP contribution in [0.3, 0.4) is 0 Å². The van der Waals surface area contributed by atoms with Gasteiger partial charge >= 0.3 is 0 Å². The lowest BCUT2D eigenvalue weighted by atomic mass is 10.1. The molecule has 1 heterocycles. The number of benzene rings is 2. The summed E-state index contributed by atoms with van der Waals surface area (Å²) in [6.07, 6.45) is 0. The summed E-state index contributed by atoms with van der Waals surface area (Å²) < 4.78 is 5.35. The van der Waals surface area contributed by atoms with Crippen molar-refractivity contribution in [3.05, 3.63) is 65.7 Å². The molecule has 4 heteroatoms. The number of thioether (sulfide) groups is 1. The van der Waals surface area contributed by atoms with Gasteiger partial charge in [0.1, 0.15) is 5.75 Å². The molecule has 21 heavy (non-hydrogen) atoms. The predicted molar refractivity (Wildman–Crippen MR) is 88.9 cm³/mol. The second kappa shape index (κ2) is 6.68. The number of hydrogen-bond acceptors (Lipinski definition) is 3. The molecule has 0 aromatic heterocycles. The van der Waals surface area contributed by atoms with E-state index >= 15 is 0 Å². The zero-order chi connectivity index (χ0) is 14.5. The number of hydrogen-bond donors (Lipinski definition) is 1. The number of para-hydroxylation sites is 1. The molecular formula is C17H18N2OS. The van der Waals surface area contributed by atoms with Crippen molar-refractivity contribution in [1.29, 1.82) is 0 Å². The average molecular weight is 298 g/mol. The molecular weight excluding hydrogens is 280 g/mol. The smallest absolute Gasteiger partial charge is 0.157 e. The van der Waals surface area contributed by atoms with E-state index in [1.807, 2.05) is 24.3 Å². The third kappa shape index (κ3) is 3.39. The van der Waals surface area contributed by atoms with Gasteiger partial charge in [-0.3, -0.25) is 4.99 Å². The molecule has 3 rings (SSSR count). The SMILES string of the molecule is COc1ccccc1CN=C1NC(c2ccccc2)CS1. The Kier molecular flexibility index (Phi) is 4.46. The summed E-state index contributed by atoms with van der Waals surface area (Å²) in [4.78, 5) is 4.67. The first-order valence-electron chi connectivity index (χ1n) is 6.97. The summed E-state index contributed by atoms with van der Waals surface area (Å²) >= 11 is 1.78. The van der Waals surface area contributed by atoms with Gasteiger partial charge in [-0.25, -0.2) is 0 Å². The number of rotatable bonds is 4. The standard InChI is InChI=1S/C17H18N2OS/c1-20-16-10-6-5-9-14(16)11-18-17-19-15(12-21-17)13-7-3-2-4-8-13/h2-10,15H,11-12H2,1H3,(H,18,19). The molecule has 3 nitrogen and oxygen atoms in total. The summed E-state index contributed by atoms with van der Waals surface area (Å²) in [7, 11) is 1.69. The van der Waals surface area contributed by atoms with E-state index in [1.165, 1.54) is 5.56 Å². The molecule has 0 aliphatic carbocycles. The topological polar surface area (TPSA) is 33.6 Å². The van der Waals surface area contributed by atoms with Crippen molar-refractivity contribution >= 4 is 16.9 Å². The third-order valence-electron chi connectivity index (χ3n) is 3.47. The Morgan fingerprint density at radius 2 is 1.90 bits per heavy atom. The lowest BCUT2D eigenvalue weighted by molar-refractivity contribution is 0.410. The summed E-state index contributed by atoms with van der Waals surface area (Å²) in [6, 6.07) is 18.9. The van der Waals surface area contributed by atoms with Crippen LogP contribution >= 0.6 is 11.8 Å². The average Bonchev–Trinajstić information content (AvgIpc) is 3.03. The van der Waals surface area contributed by atoms with Crippen LogP contribution < -0.4 is 10.1 Å². The number of methoxy groups -OCH3 is 1. The van der Waals surface area contributed by atoms with Crippen molar-refractivity contribution in [2.45, 2.75) is 12.6 Å². The molecule has 1 saturated heterocycles. The zero-order valence-electron chi connectivity index (χ0n) is 12.0. The van der Waals surface area contributed by atoms with Crippen LogP contribution in [0.4, 0.5) is 0 Å². The summed E-state index contributed by atoms with van der Waals surface area (Å²) in [5, 5.41) is 4.50.